The summed E-state index contributed by atoms with van der Waals surface area (Å²) in [6, 6.07) is 6.83. The van der Waals surface area contributed by atoms with Crippen molar-refractivity contribution in [3.63, 3.8) is 0 Å². The van der Waals surface area contributed by atoms with Crippen LogP contribution in [-0.2, 0) is 6.54 Å². The maximum Gasteiger partial charge on any atom is 0.329 e. The number of aromatic nitrogens is 3. The molecular formula is C22H22N4O5. The van der Waals surface area contributed by atoms with Gasteiger partial charge in [0.15, 0.2) is 17.1 Å². The van der Waals surface area contributed by atoms with Crippen molar-refractivity contribution in [1.82, 2.24) is 19.9 Å². The third-order valence-corrected chi connectivity index (χ3v) is 5.77. The molecule has 2 aliphatic rings. The topological polar surface area (TPSA) is 115 Å². The average Bonchev–Trinajstić information content (AvgIpc) is 3.50. The number of carbonyl (C=O) groups excluding carboxylic acids is 1. The molecule has 1 aliphatic heterocycles. The van der Waals surface area contributed by atoms with Gasteiger partial charge in [0.2, 0.25) is 6.79 Å². The average molecular weight is 422 g/mol. The van der Waals surface area contributed by atoms with Gasteiger partial charge >= 0.3 is 5.69 Å². The van der Waals surface area contributed by atoms with E-state index in [-0.39, 0.29) is 35.3 Å². The van der Waals surface area contributed by atoms with Gasteiger partial charge in [0.1, 0.15) is 0 Å². The summed E-state index contributed by atoms with van der Waals surface area (Å²) in [5, 5.41) is 3.08. The number of pyridine rings is 1. The van der Waals surface area contributed by atoms with Crippen LogP contribution < -0.4 is 26.0 Å². The second-order valence-electron chi connectivity index (χ2n) is 7.88. The lowest BCUT2D eigenvalue weighted by Crippen LogP contribution is -2.33. The van der Waals surface area contributed by atoms with Crippen LogP contribution in [0.5, 0.6) is 11.5 Å². The van der Waals surface area contributed by atoms with E-state index >= 15 is 0 Å². The number of benzene rings is 1. The highest BCUT2D eigenvalue weighted by atomic mass is 16.7. The van der Waals surface area contributed by atoms with Crippen molar-refractivity contribution in [2.75, 3.05) is 6.79 Å². The quantitative estimate of drug-likeness (QED) is 0.651. The first-order chi connectivity index (χ1) is 15.0. The van der Waals surface area contributed by atoms with Gasteiger partial charge in [-0.3, -0.25) is 19.1 Å². The number of aromatic amines is 1. The molecule has 9 heteroatoms. The van der Waals surface area contributed by atoms with E-state index in [0.717, 1.165) is 24.1 Å². The zero-order valence-electron chi connectivity index (χ0n) is 17.2. The lowest BCUT2D eigenvalue weighted by Gasteiger charge is -2.17. The summed E-state index contributed by atoms with van der Waals surface area (Å²) in [4.78, 5) is 45.1. The first-order valence-electron chi connectivity index (χ1n) is 10.3. The van der Waals surface area contributed by atoms with Crippen molar-refractivity contribution < 1.29 is 14.3 Å². The Bertz CT molecular complexity index is 1320. The minimum atomic E-state index is -0.611. The van der Waals surface area contributed by atoms with Gasteiger partial charge in [0.05, 0.1) is 17.0 Å². The molecule has 2 aromatic heterocycles. The van der Waals surface area contributed by atoms with Crippen molar-refractivity contribution in [1.29, 1.82) is 0 Å². The van der Waals surface area contributed by atoms with E-state index in [1.54, 1.807) is 19.1 Å². The predicted molar refractivity (Wildman–Crippen MR) is 113 cm³/mol. The van der Waals surface area contributed by atoms with Crippen LogP contribution in [0.3, 0.4) is 0 Å². The molecule has 160 valence electrons. The first-order valence-corrected chi connectivity index (χ1v) is 10.3. The van der Waals surface area contributed by atoms with E-state index in [4.69, 9.17) is 9.47 Å². The summed E-state index contributed by atoms with van der Waals surface area (Å²) < 4.78 is 12.1. The summed E-state index contributed by atoms with van der Waals surface area (Å²) in [5.41, 5.74) is 0.920. The molecule has 1 atom stereocenters. The Labute approximate surface area is 177 Å². The van der Waals surface area contributed by atoms with E-state index in [0.29, 0.717) is 18.0 Å². The molecule has 1 unspecified atom stereocenters. The molecule has 9 nitrogen and oxygen atoms in total. The van der Waals surface area contributed by atoms with Crippen LogP contribution in [0.25, 0.3) is 11.0 Å². The van der Waals surface area contributed by atoms with E-state index in [9.17, 15) is 14.4 Å². The third kappa shape index (κ3) is 3.35. The number of hydrogen-bond donors (Lipinski definition) is 2. The molecule has 1 fully saturated rings. The Hall–Kier alpha value is -3.62. The largest absolute Gasteiger partial charge is 0.454 e. The van der Waals surface area contributed by atoms with Crippen molar-refractivity contribution >= 4 is 16.9 Å². The van der Waals surface area contributed by atoms with Crippen molar-refractivity contribution in [3.05, 3.63) is 61.9 Å². The second-order valence-corrected chi connectivity index (χ2v) is 7.88. The Balaban J connectivity index is 1.56. The molecule has 1 aromatic carbocycles. The minimum Gasteiger partial charge on any atom is -0.454 e. The van der Waals surface area contributed by atoms with Gasteiger partial charge in [0.25, 0.3) is 11.5 Å². The highest BCUT2D eigenvalue weighted by Gasteiger charge is 2.29. The molecule has 0 radical (unpaired) electrons. The number of hydrogen-bond acceptors (Lipinski definition) is 6. The summed E-state index contributed by atoms with van der Waals surface area (Å²) in [6.07, 6.45) is 1.96. The van der Waals surface area contributed by atoms with E-state index in [1.165, 1.54) is 4.57 Å². The Morgan fingerprint density at radius 1 is 1.26 bits per heavy atom. The number of fused-ring (bicyclic) bond motifs is 2. The second kappa shape index (κ2) is 7.26. The number of H-pyrrole nitrogens is 1. The van der Waals surface area contributed by atoms with Crippen molar-refractivity contribution in [2.24, 2.45) is 0 Å². The maximum atomic E-state index is 13.3. The number of aryl methyl sites for hydroxylation is 1. The number of amides is 1. The summed E-state index contributed by atoms with van der Waals surface area (Å²) in [5.74, 6) is 1.15. The third-order valence-electron chi connectivity index (χ3n) is 5.77. The van der Waals surface area contributed by atoms with Crippen LogP contribution in [0.4, 0.5) is 0 Å². The number of nitrogens with one attached hydrogen (secondary N) is 2. The molecule has 1 amide bonds. The van der Waals surface area contributed by atoms with E-state index < -0.39 is 17.2 Å². The van der Waals surface area contributed by atoms with Crippen LogP contribution in [0, 0.1) is 0 Å². The van der Waals surface area contributed by atoms with Crippen LogP contribution in [-0.4, -0.2) is 27.2 Å². The van der Waals surface area contributed by atoms with Crippen molar-refractivity contribution in [3.8, 4) is 11.5 Å². The highest BCUT2D eigenvalue weighted by molar-refractivity contribution is 6.05. The lowest BCUT2D eigenvalue weighted by molar-refractivity contribution is 0.0941. The molecule has 0 bridgehead atoms. The molecule has 0 spiro atoms. The summed E-state index contributed by atoms with van der Waals surface area (Å²) in [6.45, 7) is 4.16. The van der Waals surface area contributed by atoms with Crippen LogP contribution in [0.1, 0.15) is 60.3 Å². The molecule has 1 saturated carbocycles. The number of ether oxygens (including phenoxy) is 2. The van der Waals surface area contributed by atoms with Gasteiger partial charge in [-0.05, 0) is 50.5 Å². The normalized spacial score (nSPS) is 15.8. The van der Waals surface area contributed by atoms with Gasteiger partial charge in [-0.2, -0.15) is 0 Å². The molecule has 3 aromatic rings. The smallest absolute Gasteiger partial charge is 0.329 e. The molecule has 31 heavy (non-hydrogen) atoms. The molecule has 3 heterocycles. The highest BCUT2D eigenvalue weighted by Crippen LogP contribution is 2.40. The fourth-order valence-corrected chi connectivity index (χ4v) is 3.89. The number of rotatable bonds is 5. The molecular weight excluding hydrogens is 400 g/mol. The number of carbonyl (C=O) groups is 1. The standard InChI is InChI=1S/C22H22N4O5/c1-3-26-19-18(21(28)25-22(26)29)14(9-15(24-19)12-4-5-12)20(27)23-11(2)13-6-7-16-17(8-13)31-10-30-16/h6-9,11-12H,3-5,10H2,1-2H3,(H,23,27)(H,25,28,29). The van der Waals surface area contributed by atoms with Crippen LogP contribution >= 0.6 is 0 Å². The summed E-state index contributed by atoms with van der Waals surface area (Å²) >= 11 is 0. The SMILES string of the molecule is CCn1c(=O)[nH]c(=O)c2c(C(=O)NC(C)c3ccc4c(c3)OCO4)cc(C3CC3)nc21. The molecule has 1 aliphatic carbocycles. The van der Waals surface area contributed by atoms with Gasteiger partial charge in [0, 0.05) is 18.2 Å². The monoisotopic (exact) mass is 422 g/mol. The zero-order valence-corrected chi connectivity index (χ0v) is 17.2. The minimum absolute atomic E-state index is 0.126. The molecule has 2 N–H and O–H groups in total. The maximum absolute atomic E-state index is 13.3. The van der Waals surface area contributed by atoms with Gasteiger partial charge in [-0.25, -0.2) is 9.78 Å². The fraction of sp³-hybridized carbons (Fsp3) is 0.364. The predicted octanol–water partition coefficient (Wildman–Crippen LogP) is 2.20. The Morgan fingerprint density at radius 3 is 2.77 bits per heavy atom. The van der Waals surface area contributed by atoms with Crippen LogP contribution in [0.15, 0.2) is 33.9 Å². The van der Waals surface area contributed by atoms with Crippen LogP contribution in [0.2, 0.25) is 0 Å². The zero-order chi connectivity index (χ0) is 21.7. The van der Waals surface area contributed by atoms with E-state index in [2.05, 4.69) is 15.3 Å². The van der Waals surface area contributed by atoms with E-state index in [1.807, 2.05) is 19.1 Å². The Morgan fingerprint density at radius 2 is 2.03 bits per heavy atom. The summed E-state index contributed by atoms with van der Waals surface area (Å²) in [7, 11) is 0. The Kier molecular flexibility index (Phi) is 4.53. The lowest BCUT2D eigenvalue weighted by atomic mass is 10.1. The van der Waals surface area contributed by atoms with Gasteiger partial charge in [-0.15, -0.1) is 0 Å². The van der Waals surface area contributed by atoms with Gasteiger partial charge in [-0.1, -0.05) is 6.07 Å². The first kappa shape index (κ1) is 19.3. The number of nitrogens with zero attached hydrogens (tertiary/aromatic N) is 2. The molecule has 0 saturated heterocycles. The van der Waals surface area contributed by atoms with Gasteiger partial charge < -0.3 is 14.8 Å². The van der Waals surface area contributed by atoms with Crippen molar-refractivity contribution in [2.45, 2.75) is 45.2 Å². The molecule has 5 rings (SSSR count). The fourth-order valence-electron chi connectivity index (χ4n) is 3.89.